The van der Waals surface area contributed by atoms with Crippen LogP contribution in [0.5, 0.6) is 11.5 Å². The molecule has 0 radical (unpaired) electrons. The van der Waals surface area contributed by atoms with Gasteiger partial charge in [-0.15, -0.1) is 37.9 Å². The van der Waals surface area contributed by atoms with Crippen molar-refractivity contribution < 1.29 is 28.9 Å². The van der Waals surface area contributed by atoms with Crippen LogP contribution in [0.25, 0.3) is 33.4 Å². The first-order valence-corrected chi connectivity index (χ1v) is 29.9. The fourth-order valence-corrected chi connectivity index (χ4v) is 13.2. The van der Waals surface area contributed by atoms with Gasteiger partial charge in [0.05, 0.1) is 25.1 Å². The molecule has 0 aliphatic heterocycles. The highest BCUT2D eigenvalue weighted by Crippen LogP contribution is 2.56. The van der Waals surface area contributed by atoms with Crippen LogP contribution in [0.1, 0.15) is 173 Å². The molecule has 410 valence electrons. The van der Waals surface area contributed by atoms with Crippen LogP contribution in [0.4, 0.5) is 0 Å². The molecule has 0 saturated carbocycles. The molecule has 3 atom stereocenters. The highest BCUT2D eigenvalue weighted by atomic mass is 32.1. The van der Waals surface area contributed by atoms with Gasteiger partial charge in [-0.3, -0.25) is 0 Å². The molecule has 6 rings (SSSR count). The first kappa shape index (κ1) is 61.3. The SMILES string of the molecule is CCC(C)(CO)c1ccc(-c2cc(C(C)(C)C)c(OP(=O)(Oc3cc(C)c(-c4ccc(C(C)(CC)CO)cc4S)cc3C(C)(C)C)c3cc(C)c(-c4ccc(C(C)(CC)CO)cc4S)cc3C(C)(C)C)cc2C)c(S)c1. The second-order valence-corrected chi connectivity index (χ2v) is 28.6. The van der Waals surface area contributed by atoms with Gasteiger partial charge in [0.1, 0.15) is 11.5 Å². The van der Waals surface area contributed by atoms with Crippen LogP contribution >= 0.6 is 45.5 Å². The van der Waals surface area contributed by atoms with Gasteiger partial charge in [-0.25, -0.2) is 4.57 Å². The fraction of sp³-hybridized carbons (Fsp3) is 0.455. The Morgan fingerprint density at radius 1 is 0.408 bits per heavy atom. The molecule has 0 aliphatic rings. The van der Waals surface area contributed by atoms with Crippen LogP contribution in [0.3, 0.4) is 0 Å². The van der Waals surface area contributed by atoms with E-state index in [1.807, 2.05) is 39.0 Å². The summed E-state index contributed by atoms with van der Waals surface area (Å²) in [7, 11) is -4.45. The Morgan fingerprint density at radius 2 is 0.684 bits per heavy atom. The standard InChI is InChI=1S/C66H87O6PS3/c1-19-64(16,37-67)43-22-25-46(58(74)31-43)49-34-52(61(7,8)9)55(28-40(49)4)71-73(70,57-30-42(6)51(36-54(57)63(13,14)15)48-27-24-45(33-60(48)76)66(18,21-3)39-69)72-56-29-41(5)50(35-53(56)62(10,11)12)47-26-23-44(32-59(47)75)65(17,20-2)38-68/h22-36,67-69,74-76H,19-21,37-39H2,1-18H3. The molecule has 0 heterocycles. The monoisotopic (exact) mass is 1100 g/mol. The van der Waals surface area contributed by atoms with Crippen LogP contribution in [0, 0.1) is 20.8 Å². The molecule has 0 amide bonds. The number of rotatable bonds is 17. The van der Waals surface area contributed by atoms with E-state index in [1.165, 1.54) is 0 Å². The molecule has 0 aromatic heterocycles. The number of hydrogen-bond acceptors (Lipinski definition) is 9. The minimum absolute atomic E-state index is 0.0201. The van der Waals surface area contributed by atoms with Gasteiger partial charge in [0, 0.05) is 42.1 Å². The van der Waals surface area contributed by atoms with E-state index < -0.39 is 40.1 Å². The van der Waals surface area contributed by atoms with Gasteiger partial charge in [0.25, 0.3) is 0 Å². The summed E-state index contributed by atoms with van der Waals surface area (Å²) in [4.78, 5) is 2.38. The topological polar surface area (TPSA) is 96.2 Å². The molecule has 76 heavy (non-hydrogen) atoms. The van der Waals surface area contributed by atoms with Crippen LogP contribution in [0.2, 0.25) is 0 Å². The summed E-state index contributed by atoms with van der Waals surface area (Å²) in [5, 5.41) is 31.6. The molecule has 0 saturated heterocycles. The van der Waals surface area contributed by atoms with Crippen molar-refractivity contribution >= 4 is 50.8 Å². The lowest BCUT2D eigenvalue weighted by Crippen LogP contribution is -2.28. The van der Waals surface area contributed by atoms with E-state index >= 15 is 4.57 Å². The summed E-state index contributed by atoms with van der Waals surface area (Å²) >= 11 is 15.2. The van der Waals surface area contributed by atoms with Gasteiger partial charge in [-0.05, 0) is 183 Å². The molecule has 0 fully saturated rings. The van der Waals surface area contributed by atoms with Crippen molar-refractivity contribution in [2.24, 2.45) is 0 Å². The Bertz CT molecular complexity index is 3020. The molecule has 3 unspecified atom stereocenters. The number of aliphatic hydroxyl groups excluding tert-OH is 3. The van der Waals surface area contributed by atoms with Crippen molar-refractivity contribution in [1.82, 2.24) is 0 Å². The van der Waals surface area contributed by atoms with E-state index in [2.05, 4.69) is 177 Å². The number of benzene rings is 6. The molecule has 3 N–H and O–H groups in total. The predicted molar refractivity (Wildman–Crippen MR) is 330 cm³/mol. The van der Waals surface area contributed by atoms with E-state index in [1.54, 1.807) is 0 Å². The Morgan fingerprint density at radius 3 is 0.934 bits per heavy atom. The third-order valence-electron chi connectivity index (χ3n) is 16.5. The van der Waals surface area contributed by atoms with E-state index in [0.29, 0.717) is 16.8 Å². The van der Waals surface area contributed by atoms with Crippen molar-refractivity contribution in [2.45, 2.75) is 191 Å². The number of thiol groups is 3. The maximum atomic E-state index is 17.1. The molecule has 10 heteroatoms. The third kappa shape index (κ3) is 12.3. The first-order chi connectivity index (χ1) is 35.2. The van der Waals surface area contributed by atoms with Gasteiger partial charge < -0.3 is 24.4 Å². The zero-order valence-corrected chi connectivity index (χ0v) is 52.3. The maximum absolute atomic E-state index is 17.1. The van der Waals surface area contributed by atoms with Crippen molar-refractivity contribution in [2.75, 3.05) is 19.8 Å². The number of hydrogen-bond donors (Lipinski definition) is 6. The zero-order chi connectivity index (χ0) is 56.9. The summed E-state index contributed by atoms with van der Waals surface area (Å²) in [6, 6.07) is 31.1. The van der Waals surface area contributed by atoms with Crippen molar-refractivity contribution in [3.8, 4) is 44.9 Å². The Labute approximate surface area is 473 Å². The molecule has 0 aliphatic carbocycles. The molecule has 6 aromatic carbocycles. The second kappa shape index (κ2) is 22.7. The van der Waals surface area contributed by atoms with Crippen LogP contribution in [-0.2, 0) is 37.1 Å². The highest BCUT2D eigenvalue weighted by molar-refractivity contribution is 7.80. The Kier molecular flexibility index (Phi) is 18.3. The first-order valence-electron chi connectivity index (χ1n) is 27.0. The lowest BCUT2D eigenvalue weighted by atomic mass is 9.79. The predicted octanol–water partition coefficient (Wildman–Crippen LogP) is 17.3. The smallest absolute Gasteiger partial charge is 0.412 e. The summed E-state index contributed by atoms with van der Waals surface area (Å²) < 4.78 is 31.7. The normalized spacial score (nSPS) is 15.6. The van der Waals surface area contributed by atoms with Crippen LogP contribution in [-0.4, -0.2) is 35.1 Å². The molecular formula is C66H87O6PS3. The minimum atomic E-state index is -4.45. The third-order valence-corrected chi connectivity index (χ3v) is 19.4. The Balaban J connectivity index is 1.64. The average Bonchev–Trinajstić information content (AvgIpc) is 3.34. The second-order valence-electron chi connectivity index (χ2n) is 25.4. The number of aliphatic hydroxyl groups is 3. The van der Waals surface area contributed by atoms with Gasteiger partial charge in [-0.1, -0.05) is 140 Å². The quantitative estimate of drug-likeness (QED) is 0.0402. The molecule has 0 bridgehead atoms. The maximum Gasteiger partial charge on any atom is 0.463 e. The van der Waals surface area contributed by atoms with Gasteiger partial charge >= 0.3 is 7.60 Å². The number of aryl methyl sites for hydroxylation is 3. The van der Waals surface area contributed by atoms with E-state index in [-0.39, 0.29) is 19.8 Å². The molecule has 6 aromatic rings. The lowest BCUT2D eigenvalue weighted by molar-refractivity contribution is 0.201. The lowest BCUT2D eigenvalue weighted by Gasteiger charge is -2.33. The summed E-state index contributed by atoms with van der Waals surface area (Å²) in [6.07, 6.45) is 2.33. The van der Waals surface area contributed by atoms with E-state index in [4.69, 9.17) is 46.9 Å². The summed E-state index contributed by atoms with van der Waals surface area (Å²) in [5.74, 6) is 0.914. The Hall–Kier alpha value is -3.92. The van der Waals surface area contributed by atoms with Gasteiger partial charge in [0.15, 0.2) is 0 Å². The van der Waals surface area contributed by atoms with Gasteiger partial charge in [-0.2, -0.15) is 0 Å². The van der Waals surface area contributed by atoms with Crippen molar-refractivity contribution in [3.05, 3.63) is 141 Å². The summed E-state index contributed by atoms with van der Waals surface area (Å²) in [6.45, 7) is 37.9. The van der Waals surface area contributed by atoms with E-state index in [9.17, 15) is 15.3 Å². The highest BCUT2D eigenvalue weighted by Gasteiger charge is 2.41. The van der Waals surface area contributed by atoms with Crippen LogP contribution < -0.4 is 14.4 Å². The average molecular weight is 1100 g/mol. The molecular weight excluding hydrogens is 1020 g/mol. The molecule has 0 spiro atoms. The fourth-order valence-electron chi connectivity index (χ4n) is 10.1. The minimum Gasteiger partial charge on any atom is -0.412 e. The van der Waals surface area contributed by atoms with Crippen LogP contribution in [0.15, 0.2) is 106 Å². The largest absolute Gasteiger partial charge is 0.463 e. The zero-order valence-electron chi connectivity index (χ0n) is 48.8. The van der Waals surface area contributed by atoms with Crippen molar-refractivity contribution in [3.63, 3.8) is 0 Å². The van der Waals surface area contributed by atoms with E-state index in [0.717, 1.165) is 117 Å². The summed E-state index contributed by atoms with van der Waals surface area (Å²) in [5.41, 5.74) is 11.3. The molecule has 6 nitrogen and oxygen atoms in total. The van der Waals surface area contributed by atoms with Crippen molar-refractivity contribution in [1.29, 1.82) is 0 Å². The van der Waals surface area contributed by atoms with Gasteiger partial charge in [0.2, 0.25) is 0 Å².